The van der Waals surface area contributed by atoms with Gasteiger partial charge in [-0.1, -0.05) is 25.4 Å². The Balaban J connectivity index is 2.63. The molecule has 0 aliphatic heterocycles. The van der Waals surface area contributed by atoms with Crippen molar-refractivity contribution >= 4 is 45.8 Å². The molecule has 0 aliphatic carbocycles. The molecule has 0 bridgehead atoms. The molecule has 2 N–H and O–H groups in total. The highest BCUT2D eigenvalue weighted by molar-refractivity contribution is 14.1. The summed E-state index contributed by atoms with van der Waals surface area (Å²) in [6, 6.07) is 5.56. The van der Waals surface area contributed by atoms with E-state index in [1.165, 1.54) is 0 Å². The number of rotatable bonds is 6. The van der Waals surface area contributed by atoms with Crippen LogP contribution in [0.3, 0.4) is 0 Å². The SMILES string of the molecule is CCC(CC)NC(=O)C(C)Nc1ccc(Cl)cc1I. The predicted octanol–water partition coefficient (Wildman–Crippen LogP) is 4.05. The minimum absolute atomic E-state index is 0.0273. The first kappa shape index (κ1) is 16.6. The highest BCUT2D eigenvalue weighted by Crippen LogP contribution is 2.22. The van der Waals surface area contributed by atoms with Crippen LogP contribution in [0.2, 0.25) is 5.02 Å². The molecule has 0 saturated carbocycles. The monoisotopic (exact) mass is 394 g/mol. The molecule has 1 aromatic rings. The lowest BCUT2D eigenvalue weighted by atomic mass is 10.1. The Morgan fingerprint density at radius 3 is 2.53 bits per heavy atom. The molecule has 3 nitrogen and oxygen atoms in total. The Morgan fingerprint density at radius 2 is 2.00 bits per heavy atom. The molecular formula is C14H20ClIN2O. The normalized spacial score (nSPS) is 12.3. The van der Waals surface area contributed by atoms with Gasteiger partial charge in [0.15, 0.2) is 0 Å². The van der Waals surface area contributed by atoms with Crippen LogP contribution in [-0.2, 0) is 4.79 Å². The van der Waals surface area contributed by atoms with E-state index in [9.17, 15) is 4.79 Å². The van der Waals surface area contributed by atoms with Gasteiger partial charge in [-0.25, -0.2) is 0 Å². The molecule has 5 heteroatoms. The van der Waals surface area contributed by atoms with E-state index in [1.807, 2.05) is 25.1 Å². The van der Waals surface area contributed by atoms with E-state index < -0.39 is 0 Å². The van der Waals surface area contributed by atoms with Gasteiger partial charge in [-0.2, -0.15) is 0 Å². The summed E-state index contributed by atoms with van der Waals surface area (Å²) >= 11 is 8.11. The van der Waals surface area contributed by atoms with Gasteiger partial charge in [0, 0.05) is 20.3 Å². The lowest BCUT2D eigenvalue weighted by molar-refractivity contribution is -0.122. The Labute approximate surface area is 133 Å². The first-order chi connectivity index (χ1) is 8.97. The van der Waals surface area contributed by atoms with Crippen LogP contribution < -0.4 is 10.6 Å². The maximum atomic E-state index is 12.1. The van der Waals surface area contributed by atoms with E-state index in [4.69, 9.17) is 11.6 Å². The average Bonchev–Trinajstić information content (AvgIpc) is 2.38. The van der Waals surface area contributed by atoms with E-state index in [0.29, 0.717) is 5.02 Å². The first-order valence-corrected chi connectivity index (χ1v) is 7.95. The van der Waals surface area contributed by atoms with Crippen LogP contribution >= 0.6 is 34.2 Å². The maximum absolute atomic E-state index is 12.1. The van der Waals surface area contributed by atoms with Crippen molar-refractivity contribution in [2.75, 3.05) is 5.32 Å². The van der Waals surface area contributed by atoms with E-state index in [0.717, 1.165) is 22.1 Å². The van der Waals surface area contributed by atoms with Crippen molar-refractivity contribution in [3.05, 3.63) is 26.8 Å². The van der Waals surface area contributed by atoms with Crippen molar-refractivity contribution in [2.45, 2.75) is 45.7 Å². The zero-order valence-electron chi connectivity index (χ0n) is 11.5. The van der Waals surface area contributed by atoms with Crippen molar-refractivity contribution in [1.29, 1.82) is 0 Å². The number of halogens is 2. The number of carbonyl (C=O) groups excluding carboxylic acids is 1. The topological polar surface area (TPSA) is 41.1 Å². The van der Waals surface area contributed by atoms with Gasteiger partial charge in [-0.15, -0.1) is 0 Å². The molecule has 106 valence electrons. The molecule has 1 rings (SSSR count). The summed E-state index contributed by atoms with van der Waals surface area (Å²) in [6.07, 6.45) is 1.90. The number of nitrogens with one attached hydrogen (secondary N) is 2. The second-order valence-corrected chi connectivity index (χ2v) is 6.11. The Morgan fingerprint density at radius 1 is 1.37 bits per heavy atom. The van der Waals surface area contributed by atoms with Crippen LogP contribution in [0.25, 0.3) is 0 Å². The van der Waals surface area contributed by atoms with Crippen LogP contribution in [0.4, 0.5) is 5.69 Å². The molecular weight excluding hydrogens is 375 g/mol. The maximum Gasteiger partial charge on any atom is 0.242 e. The number of amides is 1. The van der Waals surface area contributed by atoms with E-state index in [-0.39, 0.29) is 18.0 Å². The Bertz CT molecular complexity index is 435. The highest BCUT2D eigenvalue weighted by atomic mass is 127. The second kappa shape index (κ2) is 7.94. The lowest BCUT2D eigenvalue weighted by Gasteiger charge is -2.20. The fourth-order valence-electron chi connectivity index (χ4n) is 1.72. The van der Waals surface area contributed by atoms with Crippen molar-refractivity contribution < 1.29 is 4.79 Å². The Hall–Kier alpha value is -0.490. The van der Waals surface area contributed by atoms with Crippen LogP contribution in [0, 0.1) is 3.57 Å². The van der Waals surface area contributed by atoms with Crippen LogP contribution in [0.15, 0.2) is 18.2 Å². The third kappa shape index (κ3) is 5.18. The van der Waals surface area contributed by atoms with E-state index >= 15 is 0 Å². The summed E-state index contributed by atoms with van der Waals surface area (Å²) in [6.45, 7) is 6.02. The van der Waals surface area contributed by atoms with Gasteiger partial charge in [-0.3, -0.25) is 4.79 Å². The van der Waals surface area contributed by atoms with Crippen LogP contribution in [-0.4, -0.2) is 18.0 Å². The number of hydrogen-bond acceptors (Lipinski definition) is 2. The summed E-state index contributed by atoms with van der Waals surface area (Å²) in [4.78, 5) is 12.1. The van der Waals surface area contributed by atoms with Crippen LogP contribution in [0.5, 0.6) is 0 Å². The van der Waals surface area contributed by atoms with E-state index in [1.54, 1.807) is 0 Å². The molecule has 0 saturated heterocycles. The predicted molar refractivity (Wildman–Crippen MR) is 89.8 cm³/mol. The summed E-state index contributed by atoms with van der Waals surface area (Å²) in [5, 5.41) is 6.95. The molecule has 1 aromatic carbocycles. The summed E-state index contributed by atoms with van der Waals surface area (Å²) in [7, 11) is 0. The quantitative estimate of drug-likeness (QED) is 0.715. The number of carbonyl (C=O) groups is 1. The number of hydrogen-bond donors (Lipinski definition) is 2. The molecule has 0 radical (unpaired) electrons. The smallest absolute Gasteiger partial charge is 0.242 e. The minimum atomic E-state index is -0.268. The van der Waals surface area contributed by atoms with Crippen molar-refractivity contribution in [2.24, 2.45) is 0 Å². The van der Waals surface area contributed by atoms with Gasteiger partial charge in [0.1, 0.15) is 6.04 Å². The van der Waals surface area contributed by atoms with Crippen molar-refractivity contribution in [3.63, 3.8) is 0 Å². The molecule has 19 heavy (non-hydrogen) atoms. The number of anilines is 1. The van der Waals surface area contributed by atoms with Gasteiger partial charge in [-0.05, 0) is 60.6 Å². The van der Waals surface area contributed by atoms with Crippen molar-refractivity contribution in [1.82, 2.24) is 5.32 Å². The molecule has 0 aromatic heterocycles. The summed E-state index contributed by atoms with van der Waals surface area (Å²) < 4.78 is 1.01. The first-order valence-electron chi connectivity index (χ1n) is 6.49. The zero-order valence-corrected chi connectivity index (χ0v) is 14.4. The van der Waals surface area contributed by atoms with Gasteiger partial charge in [0.05, 0.1) is 0 Å². The van der Waals surface area contributed by atoms with Crippen LogP contribution in [0.1, 0.15) is 33.6 Å². The van der Waals surface area contributed by atoms with E-state index in [2.05, 4.69) is 47.1 Å². The molecule has 0 fully saturated rings. The zero-order chi connectivity index (χ0) is 14.4. The standard InChI is InChI=1S/C14H20ClIN2O/c1-4-11(5-2)18-14(19)9(3)17-13-7-6-10(15)8-12(13)16/h6-9,11,17H,4-5H2,1-3H3,(H,18,19). The molecule has 1 amide bonds. The van der Waals surface area contributed by atoms with Gasteiger partial charge in [0.2, 0.25) is 5.91 Å². The summed E-state index contributed by atoms with van der Waals surface area (Å²) in [5.41, 5.74) is 0.928. The van der Waals surface area contributed by atoms with Gasteiger partial charge < -0.3 is 10.6 Å². The molecule has 0 spiro atoms. The van der Waals surface area contributed by atoms with Crippen molar-refractivity contribution in [3.8, 4) is 0 Å². The Kier molecular flexibility index (Phi) is 6.93. The largest absolute Gasteiger partial charge is 0.373 e. The summed E-state index contributed by atoms with van der Waals surface area (Å²) in [5.74, 6) is 0.0273. The highest BCUT2D eigenvalue weighted by Gasteiger charge is 2.16. The van der Waals surface area contributed by atoms with Gasteiger partial charge in [0.25, 0.3) is 0 Å². The minimum Gasteiger partial charge on any atom is -0.373 e. The van der Waals surface area contributed by atoms with Gasteiger partial charge >= 0.3 is 0 Å². The lowest BCUT2D eigenvalue weighted by Crippen LogP contribution is -2.42. The average molecular weight is 395 g/mol. The fraction of sp³-hybridized carbons (Fsp3) is 0.500. The number of benzene rings is 1. The third-order valence-corrected chi connectivity index (χ3v) is 4.16. The fourth-order valence-corrected chi connectivity index (χ4v) is 2.75. The molecule has 0 aliphatic rings. The third-order valence-electron chi connectivity index (χ3n) is 3.03. The molecule has 1 atom stereocenters. The molecule has 1 unspecified atom stereocenters. The second-order valence-electron chi connectivity index (χ2n) is 4.51. The molecule has 0 heterocycles.